The number of benzene rings is 2. The number of nitrogens with one attached hydrogen (secondary N) is 2. The van der Waals surface area contributed by atoms with Crippen molar-refractivity contribution < 1.29 is 4.74 Å². The lowest BCUT2D eigenvalue weighted by molar-refractivity contribution is 0.242. The summed E-state index contributed by atoms with van der Waals surface area (Å²) >= 11 is 0. The molecule has 1 aromatic heterocycles. The number of aromatic nitrogens is 2. The molecule has 0 aliphatic heterocycles. The highest BCUT2D eigenvalue weighted by molar-refractivity contribution is 5.61. The van der Waals surface area contributed by atoms with Gasteiger partial charge in [0.15, 0.2) is 0 Å². The Morgan fingerprint density at radius 1 is 0.846 bits per heavy atom. The molecule has 134 valence electrons. The fourth-order valence-corrected chi connectivity index (χ4v) is 2.58. The second kappa shape index (κ2) is 7.87. The second-order valence-corrected chi connectivity index (χ2v) is 6.53. The fraction of sp³-hybridized carbons (Fsp3) is 0.238. The van der Waals surface area contributed by atoms with E-state index < -0.39 is 0 Å². The third-order valence-electron chi connectivity index (χ3n) is 3.63. The van der Waals surface area contributed by atoms with Gasteiger partial charge >= 0.3 is 0 Å². The molecular weight excluding hydrogens is 324 g/mol. The van der Waals surface area contributed by atoms with Crippen LogP contribution in [0.5, 0.6) is 5.75 Å². The van der Waals surface area contributed by atoms with E-state index in [1.807, 2.05) is 63.2 Å². The SMILES string of the molecule is Cc1cccc(Nc2nc(C)cc(Nc3ccc(OC(C)C)cc3)n2)c1. The van der Waals surface area contributed by atoms with Crippen LogP contribution in [0.1, 0.15) is 25.1 Å². The summed E-state index contributed by atoms with van der Waals surface area (Å²) in [4.78, 5) is 9.03. The summed E-state index contributed by atoms with van der Waals surface area (Å²) in [5.41, 5.74) is 3.99. The molecule has 0 radical (unpaired) electrons. The highest BCUT2D eigenvalue weighted by Crippen LogP contribution is 2.22. The molecule has 26 heavy (non-hydrogen) atoms. The van der Waals surface area contributed by atoms with Gasteiger partial charge in [-0.25, -0.2) is 4.98 Å². The Balaban J connectivity index is 1.75. The maximum absolute atomic E-state index is 5.67. The number of rotatable bonds is 6. The van der Waals surface area contributed by atoms with Gasteiger partial charge in [-0.15, -0.1) is 0 Å². The third kappa shape index (κ3) is 4.96. The minimum Gasteiger partial charge on any atom is -0.491 e. The molecule has 0 fully saturated rings. The van der Waals surface area contributed by atoms with Gasteiger partial charge in [0, 0.05) is 23.1 Å². The Bertz CT molecular complexity index is 875. The molecule has 3 aromatic rings. The van der Waals surface area contributed by atoms with E-state index in [1.54, 1.807) is 0 Å². The minimum absolute atomic E-state index is 0.161. The molecule has 0 aliphatic carbocycles. The van der Waals surface area contributed by atoms with Crippen LogP contribution < -0.4 is 15.4 Å². The highest BCUT2D eigenvalue weighted by atomic mass is 16.5. The third-order valence-corrected chi connectivity index (χ3v) is 3.63. The van der Waals surface area contributed by atoms with E-state index in [9.17, 15) is 0 Å². The molecule has 2 N–H and O–H groups in total. The Morgan fingerprint density at radius 2 is 1.62 bits per heavy atom. The molecule has 0 amide bonds. The Labute approximate surface area is 154 Å². The first-order valence-corrected chi connectivity index (χ1v) is 8.71. The first-order valence-electron chi connectivity index (χ1n) is 8.71. The van der Waals surface area contributed by atoms with Crippen LogP contribution in [0, 0.1) is 13.8 Å². The summed E-state index contributed by atoms with van der Waals surface area (Å²) in [5.74, 6) is 2.16. The van der Waals surface area contributed by atoms with Gasteiger partial charge in [0.2, 0.25) is 5.95 Å². The first kappa shape index (κ1) is 17.7. The van der Waals surface area contributed by atoms with E-state index in [2.05, 4.69) is 39.7 Å². The smallest absolute Gasteiger partial charge is 0.229 e. The molecule has 0 bridgehead atoms. The molecule has 0 unspecified atom stereocenters. The molecule has 5 heteroatoms. The fourth-order valence-electron chi connectivity index (χ4n) is 2.58. The van der Waals surface area contributed by atoms with E-state index in [0.29, 0.717) is 5.95 Å². The molecule has 0 saturated heterocycles. The monoisotopic (exact) mass is 348 g/mol. The topological polar surface area (TPSA) is 59.1 Å². The zero-order chi connectivity index (χ0) is 18.5. The van der Waals surface area contributed by atoms with Crippen LogP contribution >= 0.6 is 0 Å². The number of aryl methyl sites for hydroxylation is 2. The van der Waals surface area contributed by atoms with Crippen LogP contribution in [0.3, 0.4) is 0 Å². The molecular formula is C21H24N4O. The van der Waals surface area contributed by atoms with Gasteiger partial charge in [0.05, 0.1) is 6.10 Å². The van der Waals surface area contributed by atoms with Gasteiger partial charge in [-0.05, 0) is 69.7 Å². The molecule has 0 aliphatic rings. The Hall–Kier alpha value is -3.08. The van der Waals surface area contributed by atoms with Crippen molar-refractivity contribution in [1.29, 1.82) is 0 Å². The molecule has 1 heterocycles. The van der Waals surface area contributed by atoms with Crippen molar-refractivity contribution in [1.82, 2.24) is 9.97 Å². The largest absolute Gasteiger partial charge is 0.491 e. The average Bonchev–Trinajstić information content (AvgIpc) is 2.56. The summed E-state index contributed by atoms with van der Waals surface area (Å²) in [6.07, 6.45) is 0.161. The van der Waals surface area contributed by atoms with Crippen molar-refractivity contribution in [3.8, 4) is 5.75 Å². The Kier molecular flexibility index (Phi) is 5.37. The molecule has 5 nitrogen and oxygen atoms in total. The quantitative estimate of drug-likeness (QED) is 0.627. The maximum Gasteiger partial charge on any atom is 0.229 e. The van der Waals surface area contributed by atoms with Crippen molar-refractivity contribution >= 4 is 23.1 Å². The van der Waals surface area contributed by atoms with Gasteiger partial charge in [-0.3, -0.25) is 0 Å². The van der Waals surface area contributed by atoms with E-state index >= 15 is 0 Å². The lowest BCUT2D eigenvalue weighted by Crippen LogP contribution is -2.05. The molecule has 0 saturated carbocycles. The highest BCUT2D eigenvalue weighted by Gasteiger charge is 2.05. The van der Waals surface area contributed by atoms with Gasteiger partial charge in [0.25, 0.3) is 0 Å². The van der Waals surface area contributed by atoms with Crippen LogP contribution in [0.15, 0.2) is 54.6 Å². The lowest BCUT2D eigenvalue weighted by atomic mass is 10.2. The number of nitrogens with zero attached hydrogens (tertiary/aromatic N) is 2. The average molecular weight is 348 g/mol. The van der Waals surface area contributed by atoms with E-state index in [0.717, 1.165) is 28.6 Å². The van der Waals surface area contributed by atoms with Crippen molar-refractivity contribution in [3.05, 3.63) is 65.9 Å². The zero-order valence-corrected chi connectivity index (χ0v) is 15.6. The number of ether oxygens (including phenoxy) is 1. The Morgan fingerprint density at radius 3 is 2.31 bits per heavy atom. The molecule has 0 atom stereocenters. The van der Waals surface area contributed by atoms with E-state index in [4.69, 9.17) is 4.74 Å². The van der Waals surface area contributed by atoms with Gasteiger partial charge < -0.3 is 15.4 Å². The van der Waals surface area contributed by atoms with Crippen LogP contribution in [0.25, 0.3) is 0 Å². The van der Waals surface area contributed by atoms with Crippen molar-refractivity contribution in [2.75, 3.05) is 10.6 Å². The van der Waals surface area contributed by atoms with Crippen LogP contribution in [0.2, 0.25) is 0 Å². The summed E-state index contributed by atoms with van der Waals surface area (Å²) in [7, 11) is 0. The summed E-state index contributed by atoms with van der Waals surface area (Å²) in [6.45, 7) is 8.03. The predicted octanol–water partition coefficient (Wildman–Crippen LogP) is 5.37. The normalized spacial score (nSPS) is 10.7. The molecule has 2 aromatic carbocycles. The predicted molar refractivity (Wildman–Crippen MR) is 107 cm³/mol. The zero-order valence-electron chi connectivity index (χ0n) is 15.6. The minimum atomic E-state index is 0.161. The molecule has 0 spiro atoms. The van der Waals surface area contributed by atoms with Crippen LogP contribution in [-0.4, -0.2) is 16.1 Å². The summed E-state index contributed by atoms with van der Waals surface area (Å²) < 4.78 is 5.67. The number of anilines is 4. The summed E-state index contributed by atoms with van der Waals surface area (Å²) in [5, 5.41) is 6.58. The summed E-state index contributed by atoms with van der Waals surface area (Å²) in [6, 6.07) is 17.9. The van der Waals surface area contributed by atoms with Crippen LogP contribution in [0.4, 0.5) is 23.1 Å². The number of hydrogen-bond acceptors (Lipinski definition) is 5. The van der Waals surface area contributed by atoms with Crippen LogP contribution in [-0.2, 0) is 0 Å². The second-order valence-electron chi connectivity index (χ2n) is 6.53. The lowest BCUT2D eigenvalue weighted by Gasteiger charge is -2.12. The van der Waals surface area contributed by atoms with Crippen molar-refractivity contribution in [2.24, 2.45) is 0 Å². The van der Waals surface area contributed by atoms with Gasteiger partial charge in [0.1, 0.15) is 11.6 Å². The van der Waals surface area contributed by atoms with Gasteiger partial charge in [-0.1, -0.05) is 12.1 Å². The van der Waals surface area contributed by atoms with Gasteiger partial charge in [-0.2, -0.15) is 4.98 Å². The van der Waals surface area contributed by atoms with Crippen molar-refractivity contribution in [2.45, 2.75) is 33.8 Å². The molecule has 3 rings (SSSR count). The first-order chi connectivity index (χ1) is 12.5. The number of hydrogen-bond donors (Lipinski definition) is 2. The van der Waals surface area contributed by atoms with E-state index in [-0.39, 0.29) is 6.10 Å². The van der Waals surface area contributed by atoms with E-state index in [1.165, 1.54) is 5.56 Å². The maximum atomic E-state index is 5.67. The van der Waals surface area contributed by atoms with Crippen molar-refractivity contribution in [3.63, 3.8) is 0 Å². The standard InChI is InChI=1S/C21H24N4O/c1-14(2)26-19-10-8-17(9-11-19)23-20-13-16(4)22-21(25-20)24-18-7-5-6-15(3)12-18/h5-14H,1-4H3,(H2,22,23,24,25).